The van der Waals surface area contributed by atoms with Crippen LogP contribution in [0.15, 0.2) is 48.5 Å². The van der Waals surface area contributed by atoms with E-state index in [0.29, 0.717) is 0 Å². The molecule has 3 heteroatoms. The molecule has 0 unspecified atom stereocenters. The van der Waals surface area contributed by atoms with E-state index in [1.54, 1.807) is 18.2 Å². The molecule has 0 bridgehead atoms. The Hall–Kier alpha value is -0.986. The summed E-state index contributed by atoms with van der Waals surface area (Å²) in [4.78, 5) is 10.2. The minimum absolute atomic E-state index is 0. The van der Waals surface area contributed by atoms with E-state index < -0.39 is 5.97 Å². The number of rotatable bonds is 1. The Morgan fingerprint density at radius 2 is 1.65 bits per heavy atom. The SMILES string of the molecule is Cc1[c-]cccc1.O=C(O)c1[c-]cccc1.[Y]. The summed E-state index contributed by atoms with van der Waals surface area (Å²) < 4.78 is 0. The van der Waals surface area contributed by atoms with Gasteiger partial charge in [-0.3, -0.25) is 0 Å². The molecule has 2 nitrogen and oxygen atoms in total. The summed E-state index contributed by atoms with van der Waals surface area (Å²) in [5.74, 6) is -0.935. The van der Waals surface area contributed by atoms with Crippen molar-refractivity contribution in [3.8, 4) is 0 Å². The van der Waals surface area contributed by atoms with Crippen LogP contribution in [-0.4, -0.2) is 11.1 Å². The van der Waals surface area contributed by atoms with Crippen LogP contribution in [0.3, 0.4) is 0 Å². The molecule has 0 saturated carbocycles. The van der Waals surface area contributed by atoms with E-state index in [-0.39, 0.29) is 38.3 Å². The average molecular weight is 301 g/mol. The van der Waals surface area contributed by atoms with E-state index in [1.165, 1.54) is 11.6 Å². The first-order chi connectivity index (χ1) is 7.70. The number of hydrogen-bond donors (Lipinski definition) is 1. The molecule has 1 N–H and O–H groups in total. The molecule has 0 aliphatic heterocycles. The average Bonchev–Trinajstić information content (AvgIpc) is 2.32. The first-order valence-electron chi connectivity index (χ1n) is 4.83. The van der Waals surface area contributed by atoms with Gasteiger partial charge in [-0.25, -0.2) is 0 Å². The topological polar surface area (TPSA) is 37.3 Å². The van der Waals surface area contributed by atoms with Crippen LogP contribution in [0.1, 0.15) is 15.9 Å². The van der Waals surface area contributed by atoms with Crippen molar-refractivity contribution < 1.29 is 42.6 Å². The Bertz CT molecular complexity index is 426. The van der Waals surface area contributed by atoms with Crippen molar-refractivity contribution in [2.75, 3.05) is 0 Å². The van der Waals surface area contributed by atoms with Gasteiger partial charge in [-0.1, -0.05) is 12.5 Å². The van der Waals surface area contributed by atoms with Crippen LogP contribution < -0.4 is 0 Å². The summed E-state index contributed by atoms with van der Waals surface area (Å²) in [6.45, 7) is 2.03. The molecule has 0 atom stereocenters. The van der Waals surface area contributed by atoms with Crippen LogP contribution in [0.4, 0.5) is 0 Å². The monoisotopic (exact) mass is 301 g/mol. The number of carbonyl (C=O) groups is 1. The summed E-state index contributed by atoms with van der Waals surface area (Å²) in [6.07, 6.45) is 0. The number of hydrogen-bond acceptors (Lipinski definition) is 1. The Kier molecular flexibility index (Phi) is 8.56. The number of benzene rings is 2. The van der Waals surface area contributed by atoms with E-state index in [4.69, 9.17) is 5.11 Å². The van der Waals surface area contributed by atoms with Gasteiger partial charge in [0.15, 0.2) is 0 Å². The van der Waals surface area contributed by atoms with Crippen molar-refractivity contribution in [3.05, 3.63) is 71.8 Å². The van der Waals surface area contributed by atoms with Crippen molar-refractivity contribution >= 4 is 5.97 Å². The molecule has 85 valence electrons. The molecule has 0 heterocycles. The summed E-state index contributed by atoms with van der Waals surface area (Å²) in [5.41, 5.74) is 1.40. The van der Waals surface area contributed by atoms with Gasteiger partial charge in [0.25, 0.3) is 0 Å². The van der Waals surface area contributed by atoms with Crippen molar-refractivity contribution in [2.24, 2.45) is 0 Å². The molecule has 0 aliphatic rings. The summed E-state index contributed by atoms with van der Waals surface area (Å²) in [7, 11) is 0. The maximum Gasteiger partial charge on any atom is 0.247 e. The van der Waals surface area contributed by atoms with Crippen LogP contribution >= 0.6 is 0 Å². The second-order valence-corrected chi connectivity index (χ2v) is 3.13. The van der Waals surface area contributed by atoms with Gasteiger partial charge in [0.1, 0.15) is 0 Å². The second-order valence-electron chi connectivity index (χ2n) is 3.13. The molecule has 0 aliphatic carbocycles. The Balaban J connectivity index is 0.000000292. The van der Waals surface area contributed by atoms with Gasteiger partial charge in [0.05, 0.1) is 0 Å². The fourth-order valence-corrected chi connectivity index (χ4v) is 1.01. The maximum atomic E-state index is 10.2. The molecule has 2 aromatic rings. The molecule has 0 aromatic heterocycles. The molecule has 1 radical (unpaired) electrons. The van der Waals surface area contributed by atoms with Crippen molar-refractivity contribution in [2.45, 2.75) is 6.92 Å². The fourth-order valence-electron chi connectivity index (χ4n) is 1.01. The van der Waals surface area contributed by atoms with Gasteiger partial charge in [0, 0.05) is 32.7 Å². The Morgan fingerprint density at radius 3 is 1.88 bits per heavy atom. The first-order valence-corrected chi connectivity index (χ1v) is 4.83. The van der Waals surface area contributed by atoms with Gasteiger partial charge < -0.3 is 9.90 Å². The minimum Gasteiger partial charge on any atom is -0.521 e. The van der Waals surface area contributed by atoms with E-state index in [2.05, 4.69) is 12.1 Å². The predicted octanol–water partition coefficient (Wildman–Crippen LogP) is 2.98. The van der Waals surface area contributed by atoms with E-state index in [9.17, 15) is 4.79 Å². The van der Waals surface area contributed by atoms with Crippen LogP contribution in [0, 0.1) is 19.1 Å². The number of aromatic carboxylic acids is 1. The molecule has 2 rings (SSSR count). The fraction of sp³-hybridized carbons (Fsp3) is 0.0714. The van der Waals surface area contributed by atoms with E-state index in [0.717, 1.165) is 0 Å². The largest absolute Gasteiger partial charge is 0.521 e. The number of carboxylic acids is 1. The molecule has 0 fully saturated rings. The molecular formula is C14H12O2Y-2. The van der Waals surface area contributed by atoms with Gasteiger partial charge in [0.2, 0.25) is 5.97 Å². The molecule has 0 amide bonds. The van der Waals surface area contributed by atoms with Crippen LogP contribution in [0.25, 0.3) is 0 Å². The Morgan fingerprint density at radius 1 is 1.06 bits per heavy atom. The van der Waals surface area contributed by atoms with Crippen LogP contribution in [0.5, 0.6) is 0 Å². The molecule has 0 saturated heterocycles. The molecule has 17 heavy (non-hydrogen) atoms. The minimum atomic E-state index is -0.935. The zero-order valence-corrected chi connectivity index (χ0v) is 12.4. The third-order valence-electron chi connectivity index (χ3n) is 1.80. The first kappa shape index (κ1) is 16.0. The summed E-state index contributed by atoms with van der Waals surface area (Å²) >= 11 is 0. The summed E-state index contributed by atoms with van der Waals surface area (Å²) in [6, 6.07) is 20.0. The second kappa shape index (κ2) is 9.09. The number of aryl methyl sites for hydroxylation is 1. The van der Waals surface area contributed by atoms with E-state index in [1.807, 2.05) is 31.2 Å². The zero-order valence-electron chi connectivity index (χ0n) is 9.55. The molecular weight excluding hydrogens is 289 g/mol. The zero-order chi connectivity index (χ0) is 11.8. The molecule has 2 aromatic carbocycles. The normalized spacial score (nSPS) is 8.29. The standard InChI is InChI=1S/C7H5O2.C7H7.Y/c8-7(9)6-4-2-1-3-5-6;1-7-5-3-2-4-6-7;/h1-4H,(H,8,9);2-5H,1H3;/q2*-1;. The van der Waals surface area contributed by atoms with Gasteiger partial charge in [-0.2, -0.15) is 35.9 Å². The molecule has 0 spiro atoms. The van der Waals surface area contributed by atoms with Gasteiger partial charge in [-0.05, 0) is 0 Å². The van der Waals surface area contributed by atoms with Gasteiger partial charge >= 0.3 is 0 Å². The maximum absolute atomic E-state index is 10.2. The van der Waals surface area contributed by atoms with Crippen molar-refractivity contribution in [3.63, 3.8) is 0 Å². The van der Waals surface area contributed by atoms with Crippen molar-refractivity contribution in [1.82, 2.24) is 0 Å². The van der Waals surface area contributed by atoms with Crippen molar-refractivity contribution in [1.29, 1.82) is 0 Å². The van der Waals surface area contributed by atoms with Gasteiger partial charge in [-0.15, -0.1) is 30.3 Å². The smallest absolute Gasteiger partial charge is 0.247 e. The summed E-state index contributed by atoms with van der Waals surface area (Å²) in [5, 5.41) is 8.35. The van der Waals surface area contributed by atoms with Crippen LogP contribution in [-0.2, 0) is 32.7 Å². The quantitative estimate of drug-likeness (QED) is 0.822. The predicted molar refractivity (Wildman–Crippen MR) is 62.3 cm³/mol. The Labute approximate surface area is 127 Å². The number of carboxylic acid groups (broad SMARTS) is 1. The van der Waals surface area contributed by atoms with E-state index >= 15 is 0 Å². The van der Waals surface area contributed by atoms with Crippen LogP contribution in [0.2, 0.25) is 0 Å². The third kappa shape index (κ3) is 7.03. The third-order valence-corrected chi connectivity index (χ3v) is 1.80.